The van der Waals surface area contributed by atoms with Crippen molar-refractivity contribution in [3.05, 3.63) is 71.7 Å². The van der Waals surface area contributed by atoms with Crippen LogP contribution in [0.3, 0.4) is 0 Å². The molecule has 1 fully saturated rings. The molecule has 0 saturated heterocycles. The van der Waals surface area contributed by atoms with E-state index in [2.05, 4.69) is 44.8 Å². The number of nitrogens with zero attached hydrogens (tertiary/aromatic N) is 3. The van der Waals surface area contributed by atoms with Crippen molar-refractivity contribution in [2.75, 3.05) is 6.54 Å². The second-order valence-electron chi connectivity index (χ2n) is 7.94. The highest BCUT2D eigenvalue weighted by Crippen LogP contribution is 2.35. The van der Waals surface area contributed by atoms with Gasteiger partial charge < -0.3 is 10.2 Å². The molecule has 3 aromatic rings. The Labute approximate surface area is 170 Å². The quantitative estimate of drug-likeness (QED) is 0.716. The zero-order valence-electron chi connectivity index (χ0n) is 16.3. The Kier molecular flexibility index (Phi) is 4.76. The molecule has 1 aromatic carbocycles. The van der Waals surface area contributed by atoms with Gasteiger partial charge >= 0.3 is 6.03 Å². The van der Waals surface area contributed by atoms with Gasteiger partial charge in [0.2, 0.25) is 0 Å². The van der Waals surface area contributed by atoms with E-state index in [0.717, 1.165) is 48.2 Å². The molecule has 5 rings (SSSR count). The van der Waals surface area contributed by atoms with E-state index in [1.807, 2.05) is 23.1 Å². The predicted molar refractivity (Wildman–Crippen MR) is 111 cm³/mol. The van der Waals surface area contributed by atoms with Gasteiger partial charge in [0.1, 0.15) is 0 Å². The molecule has 0 radical (unpaired) electrons. The Hall–Kier alpha value is -3.15. The molecule has 29 heavy (non-hydrogen) atoms. The summed E-state index contributed by atoms with van der Waals surface area (Å²) in [5.74, 6) is 0.404. The highest BCUT2D eigenvalue weighted by atomic mass is 16.2. The Balaban J connectivity index is 1.31. The predicted octanol–water partition coefficient (Wildman–Crippen LogP) is 3.88. The lowest BCUT2D eigenvalue weighted by molar-refractivity contribution is 0.187. The Bertz CT molecular complexity index is 985. The molecule has 0 spiro atoms. The molecule has 148 valence electrons. The van der Waals surface area contributed by atoms with Gasteiger partial charge in [-0.3, -0.25) is 10.1 Å². The first-order valence-corrected chi connectivity index (χ1v) is 10.4. The van der Waals surface area contributed by atoms with E-state index in [4.69, 9.17) is 0 Å². The number of H-pyrrole nitrogens is 1. The number of benzene rings is 1. The number of hydrogen-bond acceptors (Lipinski definition) is 3. The van der Waals surface area contributed by atoms with Crippen LogP contribution in [0.2, 0.25) is 0 Å². The molecule has 6 heteroatoms. The fraction of sp³-hybridized carbons (Fsp3) is 0.348. The van der Waals surface area contributed by atoms with Crippen molar-refractivity contribution < 1.29 is 4.79 Å². The largest absolute Gasteiger partial charge is 0.335 e. The summed E-state index contributed by atoms with van der Waals surface area (Å²) >= 11 is 0. The minimum atomic E-state index is 0.0327. The van der Waals surface area contributed by atoms with Crippen LogP contribution < -0.4 is 5.32 Å². The third-order valence-electron chi connectivity index (χ3n) is 6.23. The second-order valence-corrected chi connectivity index (χ2v) is 7.94. The monoisotopic (exact) mass is 387 g/mol. The third-order valence-corrected chi connectivity index (χ3v) is 6.23. The van der Waals surface area contributed by atoms with Gasteiger partial charge in [-0.25, -0.2) is 4.79 Å². The van der Waals surface area contributed by atoms with E-state index in [1.54, 1.807) is 12.4 Å². The Morgan fingerprint density at radius 2 is 1.93 bits per heavy atom. The maximum Gasteiger partial charge on any atom is 0.317 e. The van der Waals surface area contributed by atoms with E-state index in [9.17, 15) is 4.79 Å². The summed E-state index contributed by atoms with van der Waals surface area (Å²) < 4.78 is 0. The van der Waals surface area contributed by atoms with E-state index in [0.29, 0.717) is 19.0 Å². The van der Waals surface area contributed by atoms with Gasteiger partial charge in [-0.15, -0.1) is 0 Å². The van der Waals surface area contributed by atoms with Crippen molar-refractivity contribution in [2.24, 2.45) is 0 Å². The molecule has 0 unspecified atom stereocenters. The van der Waals surface area contributed by atoms with Crippen LogP contribution in [0.1, 0.15) is 42.0 Å². The number of carbonyl (C=O) groups is 1. The van der Waals surface area contributed by atoms with E-state index in [1.165, 1.54) is 5.56 Å². The molecular weight excluding hydrogens is 362 g/mol. The van der Waals surface area contributed by atoms with Crippen molar-refractivity contribution in [1.29, 1.82) is 0 Å². The van der Waals surface area contributed by atoms with Crippen molar-refractivity contribution in [2.45, 2.75) is 44.2 Å². The van der Waals surface area contributed by atoms with Gasteiger partial charge in [0.25, 0.3) is 0 Å². The average Bonchev–Trinajstić information content (AvgIpc) is 3.41. The van der Waals surface area contributed by atoms with Crippen LogP contribution in [0.25, 0.3) is 11.3 Å². The van der Waals surface area contributed by atoms with Crippen LogP contribution in [-0.4, -0.2) is 38.7 Å². The van der Waals surface area contributed by atoms with Gasteiger partial charge in [0, 0.05) is 54.1 Å². The smallest absolute Gasteiger partial charge is 0.317 e. The van der Waals surface area contributed by atoms with E-state index < -0.39 is 0 Å². The zero-order chi connectivity index (χ0) is 19.6. The number of amides is 2. The highest BCUT2D eigenvalue weighted by Gasteiger charge is 2.32. The van der Waals surface area contributed by atoms with Gasteiger partial charge in [-0.05, 0) is 30.5 Å². The summed E-state index contributed by atoms with van der Waals surface area (Å²) in [7, 11) is 0. The normalized spacial score (nSPS) is 21.0. The highest BCUT2D eigenvalue weighted by molar-refractivity contribution is 5.76. The lowest BCUT2D eigenvalue weighted by Crippen LogP contribution is -2.47. The summed E-state index contributed by atoms with van der Waals surface area (Å²) in [5, 5.41) is 11.0. The summed E-state index contributed by atoms with van der Waals surface area (Å²) in [6, 6.07) is 14.7. The molecule has 2 amide bonds. The summed E-state index contributed by atoms with van der Waals surface area (Å²) in [4.78, 5) is 19.1. The van der Waals surface area contributed by atoms with Crippen molar-refractivity contribution in [1.82, 2.24) is 25.4 Å². The molecular formula is C23H25N5O. The average molecular weight is 387 g/mol. The molecule has 1 aliphatic carbocycles. The molecule has 2 aromatic heterocycles. The first-order valence-electron chi connectivity index (χ1n) is 10.4. The standard InChI is InChI=1S/C23H25N5O/c29-23(25-20-8-4-7-18(20)16-5-2-1-3-6-16)28-14-11-21-19(15-28)22(27-26-21)17-9-12-24-13-10-17/h1-3,5-6,9-10,12-13,18,20H,4,7-8,11,14-15H2,(H,25,29)(H,26,27)/t18-,20+/m0/s1. The number of hydrogen-bond donors (Lipinski definition) is 2. The SMILES string of the molecule is O=C(N[C@@H]1CCC[C@H]1c1ccccc1)N1CCc2[nH]nc(-c3ccncc3)c2C1. The molecule has 6 nitrogen and oxygen atoms in total. The summed E-state index contributed by atoms with van der Waals surface area (Å²) in [6.07, 6.45) is 7.67. The summed E-state index contributed by atoms with van der Waals surface area (Å²) in [6.45, 7) is 1.29. The molecule has 2 aliphatic rings. The van der Waals surface area contributed by atoms with Crippen LogP contribution in [0.4, 0.5) is 4.79 Å². The molecule has 0 bridgehead atoms. The molecule has 2 N–H and O–H groups in total. The maximum atomic E-state index is 13.1. The minimum absolute atomic E-state index is 0.0327. The van der Waals surface area contributed by atoms with E-state index >= 15 is 0 Å². The second kappa shape index (κ2) is 7.70. The number of rotatable bonds is 3. The fourth-order valence-corrected chi connectivity index (χ4v) is 4.70. The zero-order valence-corrected chi connectivity index (χ0v) is 16.3. The number of pyridine rings is 1. The van der Waals surface area contributed by atoms with Crippen molar-refractivity contribution >= 4 is 6.03 Å². The van der Waals surface area contributed by atoms with E-state index in [-0.39, 0.29) is 12.1 Å². The molecule has 1 saturated carbocycles. The summed E-state index contributed by atoms with van der Waals surface area (Å²) in [5.41, 5.74) is 5.51. The first-order chi connectivity index (χ1) is 14.3. The number of carbonyl (C=O) groups excluding carboxylic acids is 1. The third kappa shape index (κ3) is 3.50. The number of nitrogens with one attached hydrogen (secondary N) is 2. The van der Waals surface area contributed by atoms with Crippen LogP contribution >= 0.6 is 0 Å². The first kappa shape index (κ1) is 17.9. The number of urea groups is 1. The van der Waals surface area contributed by atoms with Gasteiger partial charge in [0.05, 0.1) is 12.2 Å². The maximum absolute atomic E-state index is 13.1. The van der Waals surface area contributed by atoms with Crippen LogP contribution in [0.5, 0.6) is 0 Å². The Morgan fingerprint density at radius 1 is 1.10 bits per heavy atom. The molecule has 1 aliphatic heterocycles. The molecule has 3 heterocycles. The van der Waals surface area contributed by atoms with Crippen LogP contribution in [-0.2, 0) is 13.0 Å². The molecule has 2 atom stereocenters. The minimum Gasteiger partial charge on any atom is -0.335 e. The number of aromatic nitrogens is 3. The van der Waals surface area contributed by atoms with Crippen molar-refractivity contribution in [3.63, 3.8) is 0 Å². The van der Waals surface area contributed by atoms with Crippen molar-refractivity contribution in [3.8, 4) is 11.3 Å². The Morgan fingerprint density at radius 3 is 2.76 bits per heavy atom. The topological polar surface area (TPSA) is 73.9 Å². The lowest BCUT2D eigenvalue weighted by Gasteiger charge is -2.30. The van der Waals surface area contributed by atoms with Crippen LogP contribution in [0, 0.1) is 0 Å². The van der Waals surface area contributed by atoms with Crippen LogP contribution in [0.15, 0.2) is 54.9 Å². The fourth-order valence-electron chi connectivity index (χ4n) is 4.70. The van der Waals surface area contributed by atoms with Gasteiger partial charge in [-0.2, -0.15) is 5.10 Å². The number of fused-ring (bicyclic) bond motifs is 1. The number of aromatic amines is 1. The lowest BCUT2D eigenvalue weighted by atomic mass is 9.94. The van der Waals surface area contributed by atoms with Gasteiger partial charge in [-0.1, -0.05) is 36.8 Å². The van der Waals surface area contributed by atoms with Gasteiger partial charge in [0.15, 0.2) is 0 Å².